The van der Waals surface area contributed by atoms with Gasteiger partial charge in [-0.15, -0.1) is 0 Å². The van der Waals surface area contributed by atoms with Crippen LogP contribution in [0.3, 0.4) is 0 Å². The molecule has 0 saturated heterocycles. The molecule has 124 valence electrons. The normalized spacial score (nSPS) is 10.6. The van der Waals surface area contributed by atoms with Crippen molar-refractivity contribution in [3.63, 3.8) is 0 Å². The molecule has 0 unspecified atom stereocenters. The third-order valence-corrected chi connectivity index (χ3v) is 3.70. The van der Waals surface area contributed by atoms with E-state index in [1.54, 1.807) is 51.7 Å². The number of rotatable bonds is 5. The maximum absolute atomic E-state index is 11.3. The number of nitrogens with zero attached hydrogens (tertiary/aromatic N) is 1. The molecule has 3 rings (SSSR count). The van der Waals surface area contributed by atoms with Gasteiger partial charge in [0, 0.05) is 11.1 Å². The zero-order chi connectivity index (χ0) is 17.3. The van der Waals surface area contributed by atoms with Crippen LogP contribution in [0.15, 0.2) is 30.3 Å². The van der Waals surface area contributed by atoms with E-state index >= 15 is 0 Å². The number of amides is 1. The molecule has 7 nitrogen and oxygen atoms in total. The highest BCUT2D eigenvalue weighted by Gasteiger charge is 2.16. The van der Waals surface area contributed by atoms with Gasteiger partial charge in [-0.2, -0.15) is 0 Å². The van der Waals surface area contributed by atoms with Crippen molar-refractivity contribution >= 4 is 16.9 Å². The molecule has 0 radical (unpaired) electrons. The number of imidazole rings is 1. The summed E-state index contributed by atoms with van der Waals surface area (Å²) in [5.74, 6) is 1.71. The van der Waals surface area contributed by atoms with E-state index in [1.165, 1.54) is 0 Å². The van der Waals surface area contributed by atoms with Gasteiger partial charge in [-0.3, -0.25) is 4.79 Å². The Morgan fingerprint density at radius 2 is 1.71 bits per heavy atom. The first kappa shape index (κ1) is 15.7. The number of methoxy groups -OCH3 is 3. The van der Waals surface area contributed by atoms with Gasteiger partial charge in [-0.25, -0.2) is 4.98 Å². The topological polar surface area (TPSA) is 99.5 Å². The summed E-state index contributed by atoms with van der Waals surface area (Å²) in [5.41, 5.74) is 7.94. The molecule has 2 aromatic carbocycles. The Hall–Kier alpha value is -3.22. The van der Waals surface area contributed by atoms with Crippen LogP contribution in [0.4, 0.5) is 0 Å². The second-order valence-corrected chi connectivity index (χ2v) is 5.10. The Bertz CT molecular complexity index is 892. The second kappa shape index (κ2) is 6.11. The molecule has 3 N–H and O–H groups in total. The molecule has 0 bridgehead atoms. The summed E-state index contributed by atoms with van der Waals surface area (Å²) in [6.45, 7) is 0. The molecule has 24 heavy (non-hydrogen) atoms. The van der Waals surface area contributed by atoms with Crippen molar-refractivity contribution in [1.82, 2.24) is 9.97 Å². The fourth-order valence-corrected chi connectivity index (χ4v) is 2.52. The molecule has 0 aliphatic rings. The lowest BCUT2D eigenvalue weighted by atomic mass is 10.1. The Morgan fingerprint density at radius 3 is 2.25 bits per heavy atom. The molecule has 1 amide bonds. The van der Waals surface area contributed by atoms with Crippen LogP contribution in [0.5, 0.6) is 17.2 Å². The van der Waals surface area contributed by atoms with Gasteiger partial charge in [0.05, 0.1) is 32.4 Å². The monoisotopic (exact) mass is 327 g/mol. The predicted octanol–water partition coefficient (Wildman–Crippen LogP) is 2.35. The maximum atomic E-state index is 11.3. The molecule has 1 heterocycles. The minimum Gasteiger partial charge on any atom is -0.493 e. The van der Waals surface area contributed by atoms with Crippen molar-refractivity contribution in [3.8, 4) is 28.6 Å². The van der Waals surface area contributed by atoms with Crippen LogP contribution < -0.4 is 19.9 Å². The number of nitrogens with one attached hydrogen (secondary N) is 1. The third-order valence-electron chi connectivity index (χ3n) is 3.70. The van der Waals surface area contributed by atoms with Crippen molar-refractivity contribution in [3.05, 3.63) is 35.9 Å². The van der Waals surface area contributed by atoms with Gasteiger partial charge in [0.25, 0.3) is 0 Å². The summed E-state index contributed by atoms with van der Waals surface area (Å²) in [7, 11) is 4.66. The van der Waals surface area contributed by atoms with E-state index in [9.17, 15) is 4.79 Å². The van der Waals surface area contributed by atoms with E-state index in [4.69, 9.17) is 19.9 Å². The first-order valence-electron chi connectivity index (χ1n) is 7.17. The number of benzene rings is 2. The highest BCUT2D eigenvalue weighted by atomic mass is 16.5. The summed E-state index contributed by atoms with van der Waals surface area (Å²) in [6.07, 6.45) is 0. The number of fused-ring (bicyclic) bond motifs is 1. The zero-order valence-corrected chi connectivity index (χ0v) is 13.5. The number of primary amides is 1. The van der Waals surface area contributed by atoms with Crippen LogP contribution in [-0.2, 0) is 0 Å². The van der Waals surface area contributed by atoms with Crippen LogP contribution in [0, 0.1) is 0 Å². The molecule has 0 fully saturated rings. The Balaban J connectivity index is 2.14. The molecular formula is C17H17N3O4. The standard InChI is InChI=1S/C17H17N3O4/c1-22-13-7-10(8-14(23-2)15(13)24-3)17-19-11-5-4-9(16(18)21)6-12(11)20-17/h4-8H,1-3H3,(H2,18,21)(H,19,20). The lowest BCUT2D eigenvalue weighted by Gasteiger charge is -2.13. The molecule has 1 aromatic heterocycles. The van der Waals surface area contributed by atoms with Crippen LogP contribution in [0.25, 0.3) is 22.4 Å². The number of hydrogen-bond acceptors (Lipinski definition) is 5. The highest BCUT2D eigenvalue weighted by Crippen LogP contribution is 2.40. The number of H-pyrrole nitrogens is 1. The molecular weight excluding hydrogens is 310 g/mol. The number of carbonyl (C=O) groups excluding carboxylic acids is 1. The number of ether oxygens (including phenoxy) is 3. The number of nitrogens with two attached hydrogens (primary N) is 1. The Labute approximate surface area is 138 Å². The van der Waals surface area contributed by atoms with Gasteiger partial charge in [0.2, 0.25) is 11.7 Å². The van der Waals surface area contributed by atoms with Crippen molar-refractivity contribution in [2.45, 2.75) is 0 Å². The number of aromatic amines is 1. The van der Waals surface area contributed by atoms with E-state index in [0.717, 1.165) is 16.6 Å². The predicted molar refractivity (Wildman–Crippen MR) is 89.7 cm³/mol. The molecule has 0 aliphatic carbocycles. The van der Waals surface area contributed by atoms with Crippen LogP contribution >= 0.6 is 0 Å². The van der Waals surface area contributed by atoms with Crippen LogP contribution in [0.1, 0.15) is 10.4 Å². The van der Waals surface area contributed by atoms with E-state index in [2.05, 4.69) is 9.97 Å². The van der Waals surface area contributed by atoms with E-state index < -0.39 is 5.91 Å². The SMILES string of the molecule is COc1cc(-c2nc3ccc(C(N)=O)cc3[nH]2)cc(OC)c1OC. The molecule has 0 saturated carbocycles. The number of hydrogen-bond donors (Lipinski definition) is 2. The molecule has 0 atom stereocenters. The van der Waals surface area contributed by atoms with E-state index in [1.807, 2.05) is 0 Å². The lowest BCUT2D eigenvalue weighted by molar-refractivity contribution is 0.100. The van der Waals surface area contributed by atoms with Gasteiger partial charge < -0.3 is 24.9 Å². The summed E-state index contributed by atoms with van der Waals surface area (Å²) in [5, 5.41) is 0. The van der Waals surface area contributed by atoms with Crippen molar-refractivity contribution in [1.29, 1.82) is 0 Å². The summed E-state index contributed by atoms with van der Waals surface area (Å²) in [6, 6.07) is 8.66. The zero-order valence-electron chi connectivity index (χ0n) is 13.5. The molecule has 0 aliphatic heterocycles. The van der Waals surface area contributed by atoms with Gasteiger partial charge >= 0.3 is 0 Å². The first-order valence-corrected chi connectivity index (χ1v) is 7.17. The van der Waals surface area contributed by atoms with Crippen molar-refractivity contribution < 1.29 is 19.0 Å². The van der Waals surface area contributed by atoms with Gasteiger partial charge in [-0.1, -0.05) is 0 Å². The summed E-state index contributed by atoms with van der Waals surface area (Å²) < 4.78 is 16.0. The summed E-state index contributed by atoms with van der Waals surface area (Å²) in [4.78, 5) is 19.0. The third kappa shape index (κ3) is 2.60. The van der Waals surface area contributed by atoms with E-state index in [-0.39, 0.29) is 0 Å². The number of carbonyl (C=O) groups is 1. The second-order valence-electron chi connectivity index (χ2n) is 5.10. The molecule has 3 aromatic rings. The van der Waals surface area contributed by atoms with E-state index in [0.29, 0.717) is 28.6 Å². The van der Waals surface area contributed by atoms with Crippen LogP contribution in [0.2, 0.25) is 0 Å². The minimum atomic E-state index is -0.485. The smallest absolute Gasteiger partial charge is 0.248 e. The maximum Gasteiger partial charge on any atom is 0.248 e. The lowest BCUT2D eigenvalue weighted by Crippen LogP contribution is -2.10. The average Bonchev–Trinajstić information content (AvgIpc) is 3.03. The van der Waals surface area contributed by atoms with Gasteiger partial charge in [0.15, 0.2) is 11.5 Å². The minimum absolute atomic E-state index is 0.419. The molecule has 0 spiro atoms. The Kier molecular flexibility index (Phi) is 3.99. The number of aromatic nitrogens is 2. The van der Waals surface area contributed by atoms with Gasteiger partial charge in [0.1, 0.15) is 5.82 Å². The average molecular weight is 327 g/mol. The molecule has 7 heteroatoms. The largest absolute Gasteiger partial charge is 0.493 e. The quantitative estimate of drug-likeness (QED) is 0.749. The fourth-order valence-electron chi connectivity index (χ4n) is 2.52. The highest BCUT2D eigenvalue weighted by molar-refractivity contribution is 5.96. The summed E-state index contributed by atoms with van der Waals surface area (Å²) >= 11 is 0. The first-order chi connectivity index (χ1) is 11.6. The van der Waals surface area contributed by atoms with Gasteiger partial charge in [-0.05, 0) is 30.3 Å². The van der Waals surface area contributed by atoms with Crippen molar-refractivity contribution in [2.24, 2.45) is 5.73 Å². The van der Waals surface area contributed by atoms with Crippen LogP contribution in [-0.4, -0.2) is 37.2 Å². The Morgan fingerprint density at radius 1 is 1.04 bits per heavy atom. The fraction of sp³-hybridized carbons (Fsp3) is 0.176. The van der Waals surface area contributed by atoms with Crippen molar-refractivity contribution in [2.75, 3.05) is 21.3 Å².